The molecule has 1 N–H and O–H groups in total. The molecule has 0 atom stereocenters. The Morgan fingerprint density at radius 3 is 2.00 bits per heavy atom. The Kier molecular flexibility index (Phi) is 3.57. The fourth-order valence-corrected chi connectivity index (χ4v) is 3.21. The Hall–Kier alpha value is -0.0800. The average molecular weight is 253 g/mol. The topological polar surface area (TPSA) is 23.5 Å². The van der Waals surface area contributed by atoms with Crippen molar-refractivity contribution >= 4 is 0 Å². The van der Waals surface area contributed by atoms with Crippen LogP contribution in [-0.4, -0.2) is 35.2 Å². The van der Waals surface area contributed by atoms with E-state index in [1.807, 2.05) is 0 Å². The Labute approximate surface area is 113 Å². The summed E-state index contributed by atoms with van der Waals surface area (Å²) in [5, 5.41) is 10.7. The number of hydrogen-bond acceptors (Lipinski definition) is 2. The molecule has 0 aromatic carbocycles. The number of β-amino-alcohol motifs (C(OH)–C–C–N with tert-alkyl or cyclic N) is 1. The van der Waals surface area contributed by atoms with E-state index in [2.05, 4.69) is 39.5 Å². The first kappa shape index (κ1) is 14.3. The highest BCUT2D eigenvalue weighted by Gasteiger charge is 2.42. The molecule has 2 fully saturated rings. The van der Waals surface area contributed by atoms with Gasteiger partial charge in [-0.1, -0.05) is 34.6 Å². The second-order valence-corrected chi connectivity index (χ2v) is 8.65. The molecule has 0 bridgehead atoms. The maximum Gasteiger partial charge on any atom is 0.0774 e. The van der Waals surface area contributed by atoms with E-state index in [0.29, 0.717) is 10.8 Å². The highest BCUT2D eigenvalue weighted by atomic mass is 16.3. The Bertz CT molecular complexity index is 287. The van der Waals surface area contributed by atoms with Gasteiger partial charge in [0.1, 0.15) is 0 Å². The Balaban J connectivity index is 1.78. The zero-order valence-corrected chi connectivity index (χ0v) is 12.9. The second kappa shape index (κ2) is 4.49. The second-order valence-electron chi connectivity index (χ2n) is 8.65. The van der Waals surface area contributed by atoms with Gasteiger partial charge >= 0.3 is 0 Å². The van der Waals surface area contributed by atoms with E-state index in [1.165, 1.54) is 25.9 Å². The van der Waals surface area contributed by atoms with Gasteiger partial charge in [-0.25, -0.2) is 0 Å². The molecule has 1 saturated heterocycles. The first-order valence-corrected chi connectivity index (χ1v) is 7.55. The summed E-state index contributed by atoms with van der Waals surface area (Å²) in [7, 11) is 0. The van der Waals surface area contributed by atoms with Crippen molar-refractivity contribution in [3.63, 3.8) is 0 Å². The molecule has 0 unspecified atom stereocenters. The van der Waals surface area contributed by atoms with Gasteiger partial charge in [0.15, 0.2) is 0 Å². The minimum Gasteiger partial charge on any atom is -0.389 e. The van der Waals surface area contributed by atoms with Crippen molar-refractivity contribution < 1.29 is 5.11 Å². The number of rotatable bonds is 2. The van der Waals surface area contributed by atoms with E-state index < -0.39 is 5.60 Å². The predicted molar refractivity (Wildman–Crippen MR) is 76.6 cm³/mol. The molecule has 2 aliphatic rings. The van der Waals surface area contributed by atoms with Crippen molar-refractivity contribution in [2.75, 3.05) is 19.6 Å². The summed E-state index contributed by atoms with van der Waals surface area (Å²) in [6.07, 6.45) is 4.30. The van der Waals surface area contributed by atoms with Crippen LogP contribution < -0.4 is 0 Å². The molecule has 18 heavy (non-hydrogen) atoms. The zero-order valence-electron chi connectivity index (χ0n) is 12.9. The number of nitrogens with zero attached hydrogens (tertiary/aromatic N) is 1. The molecule has 2 heteroatoms. The molecule has 0 aromatic rings. The summed E-state index contributed by atoms with van der Waals surface area (Å²) < 4.78 is 0. The minimum absolute atomic E-state index is 0.404. The first-order valence-electron chi connectivity index (χ1n) is 7.55. The van der Waals surface area contributed by atoms with E-state index in [1.54, 1.807) is 0 Å². The van der Waals surface area contributed by atoms with Gasteiger partial charge in [0.05, 0.1) is 5.60 Å². The molecule has 0 radical (unpaired) electrons. The highest BCUT2D eigenvalue weighted by molar-refractivity contribution is 4.95. The van der Waals surface area contributed by atoms with Gasteiger partial charge in [-0.3, -0.25) is 4.90 Å². The van der Waals surface area contributed by atoms with Gasteiger partial charge in [-0.05, 0) is 42.4 Å². The smallest absolute Gasteiger partial charge is 0.0774 e. The van der Waals surface area contributed by atoms with Crippen LogP contribution in [-0.2, 0) is 0 Å². The lowest BCUT2D eigenvalue weighted by Gasteiger charge is -2.50. The summed E-state index contributed by atoms with van der Waals surface area (Å²) in [5.74, 6) is 0.807. The van der Waals surface area contributed by atoms with E-state index in [4.69, 9.17) is 0 Å². The van der Waals surface area contributed by atoms with Gasteiger partial charge in [0, 0.05) is 19.6 Å². The molecule has 1 heterocycles. The maximum atomic E-state index is 10.7. The lowest BCUT2D eigenvalue weighted by Crippen LogP contribution is -2.57. The van der Waals surface area contributed by atoms with E-state index in [9.17, 15) is 5.11 Å². The minimum atomic E-state index is -0.404. The fraction of sp³-hybridized carbons (Fsp3) is 1.00. The van der Waals surface area contributed by atoms with Crippen molar-refractivity contribution in [1.82, 2.24) is 4.90 Å². The van der Waals surface area contributed by atoms with Crippen LogP contribution in [0.1, 0.15) is 60.3 Å². The molecule has 2 nitrogen and oxygen atoms in total. The van der Waals surface area contributed by atoms with Crippen LogP contribution in [0, 0.1) is 16.7 Å². The van der Waals surface area contributed by atoms with Gasteiger partial charge in [-0.2, -0.15) is 0 Å². The molecule has 106 valence electrons. The third kappa shape index (κ3) is 3.27. The fourth-order valence-electron chi connectivity index (χ4n) is 3.21. The van der Waals surface area contributed by atoms with Gasteiger partial charge < -0.3 is 5.11 Å². The van der Waals surface area contributed by atoms with Crippen molar-refractivity contribution in [2.45, 2.75) is 65.9 Å². The first-order chi connectivity index (χ1) is 8.10. The third-order valence-electron chi connectivity index (χ3n) is 5.23. The number of likely N-dealkylation sites (tertiary alicyclic amines) is 1. The number of hydrogen-bond donors (Lipinski definition) is 1. The van der Waals surface area contributed by atoms with Crippen molar-refractivity contribution in [3.05, 3.63) is 0 Å². The summed E-state index contributed by atoms with van der Waals surface area (Å²) in [4.78, 5) is 2.45. The Morgan fingerprint density at radius 1 is 1.06 bits per heavy atom. The van der Waals surface area contributed by atoms with Crippen LogP contribution in [0.4, 0.5) is 0 Å². The van der Waals surface area contributed by atoms with Crippen LogP contribution in [0.15, 0.2) is 0 Å². The summed E-state index contributed by atoms with van der Waals surface area (Å²) in [6, 6.07) is 0. The normalized spacial score (nSPS) is 29.0. The van der Waals surface area contributed by atoms with Crippen LogP contribution in [0.2, 0.25) is 0 Å². The van der Waals surface area contributed by atoms with E-state index >= 15 is 0 Å². The highest BCUT2D eigenvalue weighted by Crippen LogP contribution is 2.42. The van der Waals surface area contributed by atoms with E-state index in [-0.39, 0.29) is 0 Å². The van der Waals surface area contributed by atoms with Gasteiger partial charge in [-0.15, -0.1) is 0 Å². The quantitative estimate of drug-likeness (QED) is 0.816. The predicted octanol–water partition coefficient (Wildman–Crippen LogP) is 3.30. The Morgan fingerprint density at radius 2 is 1.56 bits per heavy atom. The zero-order chi connectivity index (χ0) is 13.6. The molecule has 2 rings (SSSR count). The molecule has 0 aromatic heterocycles. The van der Waals surface area contributed by atoms with Crippen LogP contribution in [0.3, 0.4) is 0 Å². The molecule has 1 aliphatic carbocycles. The molecular weight excluding hydrogens is 222 g/mol. The number of aliphatic hydroxyl groups is 1. The average Bonchev–Trinajstić information content (AvgIpc) is 2.15. The van der Waals surface area contributed by atoms with Crippen molar-refractivity contribution in [1.29, 1.82) is 0 Å². The largest absolute Gasteiger partial charge is 0.389 e. The van der Waals surface area contributed by atoms with Gasteiger partial charge in [0.25, 0.3) is 0 Å². The maximum absolute atomic E-state index is 10.7. The summed E-state index contributed by atoms with van der Waals surface area (Å²) in [6.45, 7) is 14.9. The summed E-state index contributed by atoms with van der Waals surface area (Å²) >= 11 is 0. The van der Waals surface area contributed by atoms with Gasteiger partial charge in [0.2, 0.25) is 0 Å². The lowest BCUT2D eigenvalue weighted by molar-refractivity contribution is -0.0834. The summed E-state index contributed by atoms with van der Waals surface area (Å²) in [5.41, 5.74) is 0.459. The van der Waals surface area contributed by atoms with Crippen molar-refractivity contribution in [3.8, 4) is 0 Å². The lowest BCUT2D eigenvalue weighted by atomic mass is 9.70. The standard InChI is InChI=1S/C16H31NO/c1-14(2,3)13-10-17(11-13)12-16(18)8-6-15(4,5)7-9-16/h13,18H,6-12H2,1-5H3. The van der Waals surface area contributed by atoms with E-state index in [0.717, 1.165) is 25.3 Å². The molecule has 0 spiro atoms. The molecule has 1 saturated carbocycles. The molecular formula is C16H31NO. The third-order valence-corrected chi connectivity index (χ3v) is 5.23. The van der Waals surface area contributed by atoms with Crippen LogP contribution in [0.5, 0.6) is 0 Å². The van der Waals surface area contributed by atoms with Crippen molar-refractivity contribution in [2.24, 2.45) is 16.7 Å². The SMILES string of the molecule is CC1(C)CCC(O)(CN2CC(C(C)(C)C)C2)CC1. The monoisotopic (exact) mass is 253 g/mol. The molecule has 1 aliphatic heterocycles. The van der Waals surface area contributed by atoms with Crippen LogP contribution >= 0.6 is 0 Å². The van der Waals surface area contributed by atoms with Crippen LogP contribution in [0.25, 0.3) is 0 Å². The molecule has 0 amide bonds.